The van der Waals surface area contributed by atoms with E-state index in [1.807, 2.05) is 30.3 Å². The number of carbonyl (C=O) groups excluding carboxylic acids is 2. The number of halogens is 3. The van der Waals surface area contributed by atoms with Crippen LogP contribution >= 0.6 is 0 Å². The van der Waals surface area contributed by atoms with E-state index in [1.165, 1.54) is 0 Å². The van der Waals surface area contributed by atoms with Gasteiger partial charge in [-0.25, -0.2) is 8.42 Å². The molecule has 4 aromatic rings. The number of esters is 1. The molecule has 7 nitrogen and oxygen atoms in total. The molecular formula is C32H29F3N2O5S. The smallest absolute Gasteiger partial charge is 0.416 e. The quantitative estimate of drug-likeness (QED) is 0.215. The average molecular weight is 611 g/mol. The molecule has 0 fully saturated rings. The summed E-state index contributed by atoms with van der Waals surface area (Å²) in [7, 11) is -4.42. The second-order valence-electron chi connectivity index (χ2n) is 9.74. The second kappa shape index (κ2) is 14.1. The molecule has 4 aromatic carbocycles. The first-order valence-corrected chi connectivity index (χ1v) is 14.8. The number of nitrogens with one attached hydrogen (secondary N) is 2. The molecule has 1 amide bonds. The molecule has 4 rings (SSSR count). The van der Waals surface area contributed by atoms with Gasteiger partial charge >= 0.3 is 12.1 Å². The predicted octanol–water partition coefficient (Wildman–Crippen LogP) is 5.18. The second-order valence-corrected chi connectivity index (χ2v) is 11.5. The zero-order valence-electron chi connectivity index (χ0n) is 22.8. The molecule has 0 aliphatic heterocycles. The van der Waals surface area contributed by atoms with Gasteiger partial charge in [-0.15, -0.1) is 0 Å². The standard InChI is InChI=1S/C32H29F3N2O5S/c33-32(34,35)26-16-18-28(19-17-26)43(40,41)37-29(21-24-12-6-2-7-13-24)31(39)42-22-27(20-23-10-4-1-5-11-23)36-30(38)25-14-8-3-9-15-25/h1-19,27,29,37H,20-22H2,(H,36,38)/t27-,29+/m1/s1. The summed E-state index contributed by atoms with van der Waals surface area (Å²) in [4.78, 5) is 25.8. The van der Waals surface area contributed by atoms with Gasteiger partial charge in [0.2, 0.25) is 10.0 Å². The van der Waals surface area contributed by atoms with Crippen molar-refractivity contribution < 1.29 is 35.9 Å². The molecule has 2 N–H and O–H groups in total. The molecule has 0 spiro atoms. The first kappa shape index (κ1) is 31.5. The number of ether oxygens (including phenoxy) is 1. The summed E-state index contributed by atoms with van der Waals surface area (Å²) in [5.41, 5.74) is 0.908. The van der Waals surface area contributed by atoms with Crippen LogP contribution in [0.2, 0.25) is 0 Å². The molecule has 0 heterocycles. The number of hydrogen-bond donors (Lipinski definition) is 2. The number of amides is 1. The molecular weight excluding hydrogens is 581 g/mol. The van der Waals surface area contributed by atoms with Crippen LogP contribution in [0.25, 0.3) is 0 Å². The van der Waals surface area contributed by atoms with Crippen LogP contribution in [0.1, 0.15) is 27.0 Å². The third-order valence-corrected chi connectivity index (χ3v) is 7.97. The van der Waals surface area contributed by atoms with Gasteiger partial charge in [0, 0.05) is 5.56 Å². The summed E-state index contributed by atoms with van der Waals surface area (Å²) in [6.07, 6.45) is -4.39. The first-order chi connectivity index (χ1) is 20.5. The fourth-order valence-corrected chi connectivity index (χ4v) is 5.48. The van der Waals surface area contributed by atoms with Gasteiger partial charge < -0.3 is 10.1 Å². The lowest BCUT2D eigenvalue weighted by Crippen LogP contribution is -2.46. The number of carbonyl (C=O) groups is 2. The molecule has 0 aliphatic rings. The minimum atomic E-state index is -4.64. The van der Waals surface area contributed by atoms with E-state index in [9.17, 15) is 31.2 Å². The Balaban J connectivity index is 1.52. The molecule has 224 valence electrons. The van der Waals surface area contributed by atoms with Crippen molar-refractivity contribution in [3.05, 3.63) is 138 Å². The van der Waals surface area contributed by atoms with E-state index in [1.54, 1.807) is 60.7 Å². The van der Waals surface area contributed by atoms with Crippen LogP contribution in [-0.2, 0) is 38.6 Å². The highest BCUT2D eigenvalue weighted by Crippen LogP contribution is 2.29. The van der Waals surface area contributed by atoms with E-state index in [0.29, 0.717) is 29.7 Å². The number of alkyl halides is 3. The Bertz CT molecular complexity index is 1600. The summed E-state index contributed by atoms with van der Waals surface area (Å²) >= 11 is 0. The van der Waals surface area contributed by atoms with Crippen molar-refractivity contribution in [1.29, 1.82) is 0 Å². The highest BCUT2D eigenvalue weighted by atomic mass is 32.2. The first-order valence-electron chi connectivity index (χ1n) is 13.3. The maximum atomic E-state index is 13.3. The number of sulfonamides is 1. The molecule has 43 heavy (non-hydrogen) atoms. The summed E-state index contributed by atoms with van der Waals surface area (Å²) < 4.78 is 73.0. The molecule has 0 aromatic heterocycles. The molecule has 0 unspecified atom stereocenters. The molecule has 0 radical (unpaired) electrons. The van der Waals surface area contributed by atoms with Crippen molar-refractivity contribution >= 4 is 21.9 Å². The number of rotatable bonds is 12. The Morgan fingerprint density at radius 1 is 0.721 bits per heavy atom. The third kappa shape index (κ3) is 9.25. The zero-order chi connectivity index (χ0) is 30.9. The fourth-order valence-electron chi connectivity index (χ4n) is 4.29. The van der Waals surface area contributed by atoms with Crippen LogP contribution in [0.5, 0.6) is 0 Å². The molecule has 0 aliphatic carbocycles. The maximum Gasteiger partial charge on any atom is 0.416 e. The third-order valence-electron chi connectivity index (χ3n) is 6.48. The average Bonchev–Trinajstić information content (AvgIpc) is 3.00. The molecule has 11 heteroatoms. The summed E-state index contributed by atoms with van der Waals surface area (Å²) in [5.74, 6) is -1.28. The molecule has 0 saturated heterocycles. The van der Waals surface area contributed by atoms with Gasteiger partial charge in [-0.3, -0.25) is 9.59 Å². The van der Waals surface area contributed by atoms with Crippen LogP contribution in [0.15, 0.2) is 120 Å². The largest absolute Gasteiger partial charge is 0.462 e. The molecule has 0 saturated carbocycles. The minimum Gasteiger partial charge on any atom is -0.462 e. The number of hydrogen-bond acceptors (Lipinski definition) is 5. The lowest BCUT2D eigenvalue weighted by molar-refractivity contribution is -0.146. The van der Waals surface area contributed by atoms with Gasteiger partial charge in [-0.05, 0) is 60.4 Å². The van der Waals surface area contributed by atoms with Crippen LogP contribution in [-0.4, -0.2) is 39.0 Å². The van der Waals surface area contributed by atoms with Gasteiger partial charge in [0.1, 0.15) is 12.6 Å². The lowest BCUT2D eigenvalue weighted by atomic mass is 10.1. The van der Waals surface area contributed by atoms with Crippen molar-refractivity contribution in [3.8, 4) is 0 Å². The van der Waals surface area contributed by atoms with E-state index in [4.69, 9.17) is 4.74 Å². The van der Waals surface area contributed by atoms with Gasteiger partial charge in [-0.2, -0.15) is 17.9 Å². The zero-order valence-corrected chi connectivity index (χ0v) is 23.6. The highest BCUT2D eigenvalue weighted by molar-refractivity contribution is 7.89. The topological polar surface area (TPSA) is 102 Å². The Morgan fingerprint density at radius 3 is 1.77 bits per heavy atom. The summed E-state index contributed by atoms with van der Waals surface area (Å²) in [6.45, 7) is -0.264. The van der Waals surface area contributed by atoms with E-state index >= 15 is 0 Å². The van der Waals surface area contributed by atoms with Gasteiger partial charge in [0.15, 0.2) is 0 Å². The summed E-state index contributed by atoms with van der Waals surface area (Å²) in [5, 5.41) is 2.87. The van der Waals surface area contributed by atoms with Crippen molar-refractivity contribution in [1.82, 2.24) is 10.0 Å². The van der Waals surface area contributed by atoms with E-state index in [-0.39, 0.29) is 18.9 Å². The highest BCUT2D eigenvalue weighted by Gasteiger charge is 2.32. The van der Waals surface area contributed by atoms with Gasteiger partial charge in [0.05, 0.1) is 16.5 Å². The van der Waals surface area contributed by atoms with Crippen LogP contribution in [0.4, 0.5) is 13.2 Å². The summed E-state index contributed by atoms with van der Waals surface area (Å²) in [6, 6.07) is 27.2. The van der Waals surface area contributed by atoms with Crippen LogP contribution in [0.3, 0.4) is 0 Å². The van der Waals surface area contributed by atoms with Gasteiger partial charge in [-0.1, -0.05) is 78.9 Å². The van der Waals surface area contributed by atoms with Crippen molar-refractivity contribution in [2.24, 2.45) is 0 Å². The Morgan fingerprint density at radius 2 is 1.23 bits per heavy atom. The lowest BCUT2D eigenvalue weighted by Gasteiger charge is -2.22. The maximum absolute atomic E-state index is 13.3. The minimum absolute atomic E-state index is 0.0841. The van der Waals surface area contributed by atoms with E-state index in [0.717, 1.165) is 17.7 Å². The number of benzene rings is 4. The Hall–Kier alpha value is -4.48. The van der Waals surface area contributed by atoms with E-state index in [2.05, 4.69) is 10.0 Å². The van der Waals surface area contributed by atoms with Crippen molar-refractivity contribution in [3.63, 3.8) is 0 Å². The fraction of sp³-hybridized carbons (Fsp3) is 0.188. The van der Waals surface area contributed by atoms with E-state index < -0.39 is 44.7 Å². The Kier molecular flexibility index (Phi) is 10.3. The molecule has 0 bridgehead atoms. The Labute approximate surface area is 247 Å². The van der Waals surface area contributed by atoms with Crippen LogP contribution < -0.4 is 10.0 Å². The molecule has 2 atom stereocenters. The van der Waals surface area contributed by atoms with Gasteiger partial charge in [0.25, 0.3) is 5.91 Å². The normalized spacial score (nSPS) is 13.1. The van der Waals surface area contributed by atoms with Crippen LogP contribution in [0, 0.1) is 0 Å². The monoisotopic (exact) mass is 610 g/mol. The predicted molar refractivity (Wildman–Crippen MR) is 155 cm³/mol. The van der Waals surface area contributed by atoms with Crippen molar-refractivity contribution in [2.75, 3.05) is 6.61 Å². The SMILES string of the molecule is O=C(N[C@@H](COC(=O)[C@H](Cc1ccccc1)NS(=O)(=O)c1ccc(C(F)(F)F)cc1)Cc1ccccc1)c1ccccc1. The van der Waals surface area contributed by atoms with Crippen molar-refractivity contribution in [2.45, 2.75) is 36.0 Å².